The Morgan fingerprint density at radius 3 is 2.58 bits per heavy atom. The highest BCUT2D eigenvalue weighted by Gasteiger charge is 2.42. The fraction of sp³-hybridized carbons (Fsp3) is 0.529. The number of hydrogen-bond acceptors (Lipinski definition) is 4. The fourth-order valence-electron chi connectivity index (χ4n) is 2.57. The first-order chi connectivity index (χ1) is 11.5. The lowest BCUT2D eigenvalue weighted by Gasteiger charge is -2.31. The van der Waals surface area contributed by atoms with E-state index < -0.39 is 17.8 Å². The molecule has 1 fully saturated rings. The summed E-state index contributed by atoms with van der Waals surface area (Å²) < 4.78 is 24.7. The molecule has 1 aromatic carbocycles. The van der Waals surface area contributed by atoms with Crippen LogP contribution in [0.4, 0.5) is 9.18 Å². The maximum atomic E-state index is 15.0. The van der Waals surface area contributed by atoms with Crippen LogP contribution in [-0.4, -0.2) is 56.1 Å². The Balaban J connectivity index is 1.94. The van der Waals surface area contributed by atoms with E-state index in [9.17, 15) is 9.59 Å². The fourth-order valence-corrected chi connectivity index (χ4v) is 2.57. The second kappa shape index (κ2) is 8.63. The van der Waals surface area contributed by atoms with Gasteiger partial charge in [-0.3, -0.25) is 5.32 Å². The number of rotatable bonds is 6. The van der Waals surface area contributed by atoms with Crippen LogP contribution in [0.2, 0.25) is 0 Å². The SMILES string of the molecule is COC(=O)C(F)(CCCc1ccccc1)NC(=O)N1CCOCC1. The second-order valence-electron chi connectivity index (χ2n) is 5.66. The number of hydrogen-bond donors (Lipinski definition) is 1. The van der Waals surface area contributed by atoms with E-state index in [1.165, 1.54) is 4.90 Å². The second-order valence-corrected chi connectivity index (χ2v) is 5.66. The molecule has 132 valence electrons. The molecule has 1 heterocycles. The number of carbonyl (C=O) groups excluding carboxylic acids is 2. The summed E-state index contributed by atoms with van der Waals surface area (Å²) in [5.74, 6) is -3.61. The molecule has 0 bridgehead atoms. The highest BCUT2D eigenvalue weighted by Crippen LogP contribution is 2.20. The van der Waals surface area contributed by atoms with Crippen LogP contribution in [0.3, 0.4) is 0 Å². The molecule has 1 aliphatic heterocycles. The van der Waals surface area contributed by atoms with E-state index in [4.69, 9.17) is 4.74 Å². The van der Waals surface area contributed by atoms with Crippen LogP contribution in [0.15, 0.2) is 30.3 Å². The van der Waals surface area contributed by atoms with Gasteiger partial charge in [0.25, 0.3) is 5.79 Å². The molecule has 0 aliphatic carbocycles. The van der Waals surface area contributed by atoms with E-state index in [0.29, 0.717) is 39.1 Å². The van der Waals surface area contributed by atoms with Gasteiger partial charge in [0.1, 0.15) is 0 Å². The minimum Gasteiger partial charge on any atom is -0.465 e. The summed E-state index contributed by atoms with van der Waals surface area (Å²) in [4.78, 5) is 25.4. The number of aryl methyl sites for hydroxylation is 1. The number of nitrogens with zero attached hydrogens (tertiary/aromatic N) is 1. The van der Waals surface area contributed by atoms with Crippen LogP contribution in [0.25, 0.3) is 0 Å². The molecular weight excluding hydrogens is 315 g/mol. The number of morpholine rings is 1. The lowest BCUT2D eigenvalue weighted by atomic mass is 10.0. The van der Waals surface area contributed by atoms with Crippen LogP contribution in [0.5, 0.6) is 0 Å². The molecule has 1 N–H and O–H groups in total. The van der Waals surface area contributed by atoms with Crippen LogP contribution < -0.4 is 5.32 Å². The lowest BCUT2D eigenvalue weighted by molar-refractivity contribution is -0.157. The summed E-state index contributed by atoms with van der Waals surface area (Å²) in [6, 6.07) is 8.96. The molecule has 2 rings (SSSR count). The Labute approximate surface area is 140 Å². The van der Waals surface area contributed by atoms with Crippen LogP contribution in [0, 0.1) is 0 Å². The minimum absolute atomic E-state index is 0.148. The van der Waals surface area contributed by atoms with E-state index in [1.807, 2.05) is 30.3 Å². The van der Waals surface area contributed by atoms with Gasteiger partial charge in [0.15, 0.2) is 0 Å². The third kappa shape index (κ3) is 4.92. The van der Waals surface area contributed by atoms with Gasteiger partial charge in [-0.05, 0) is 18.4 Å². The van der Waals surface area contributed by atoms with Gasteiger partial charge in [-0.25, -0.2) is 14.0 Å². The first-order valence-electron chi connectivity index (χ1n) is 8.01. The average molecular weight is 338 g/mol. The summed E-state index contributed by atoms with van der Waals surface area (Å²) in [5.41, 5.74) is 1.05. The van der Waals surface area contributed by atoms with Crippen molar-refractivity contribution >= 4 is 12.0 Å². The number of carbonyl (C=O) groups is 2. The Morgan fingerprint density at radius 1 is 1.29 bits per heavy atom. The van der Waals surface area contributed by atoms with Crippen molar-refractivity contribution in [1.82, 2.24) is 10.2 Å². The van der Waals surface area contributed by atoms with Crippen molar-refractivity contribution in [1.29, 1.82) is 0 Å². The minimum atomic E-state index is -2.53. The maximum Gasteiger partial charge on any atom is 0.364 e. The van der Waals surface area contributed by atoms with Crippen molar-refractivity contribution in [3.8, 4) is 0 Å². The summed E-state index contributed by atoms with van der Waals surface area (Å²) in [5, 5.41) is 2.19. The zero-order chi connectivity index (χ0) is 17.4. The zero-order valence-corrected chi connectivity index (χ0v) is 13.8. The highest BCUT2D eigenvalue weighted by molar-refractivity contribution is 5.85. The number of halogens is 1. The average Bonchev–Trinajstić information content (AvgIpc) is 2.62. The Hall–Kier alpha value is -2.15. The number of ether oxygens (including phenoxy) is 2. The van der Waals surface area contributed by atoms with Crippen molar-refractivity contribution in [3.05, 3.63) is 35.9 Å². The van der Waals surface area contributed by atoms with E-state index in [1.54, 1.807) is 0 Å². The molecule has 1 aliphatic rings. The van der Waals surface area contributed by atoms with Crippen LogP contribution in [-0.2, 0) is 20.7 Å². The summed E-state index contributed by atoms with van der Waals surface area (Å²) in [6.45, 7) is 1.54. The van der Waals surface area contributed by atoms with Crippen LogP contribution in [0.1, 0.15) is 18.4 Å². The van der Waals surface area contributed by atoms with Gasteiger partial charge in [0.05, 0.1) is 20.3 Å². The molecule has 6 nitrogen and oxygen atoms in total. The quantitative estimate of drug-likeness (QED) is 0.635. The van der Waals surface area contributed by atoms with E-state index >= 15 is 4.39 Å². The van der Waals surface area contributed by atoms with Gasteiger partial charge in [0.2, 0.25) is 0 Å². The highest BCUT2D eigenvalue weighted by atomic mass is 19.1. The van der Waals surface area contributed by atoms with E-state index in [0.717, 1.165) is 12.7 Å². The van der Waals surface area contributed by atoms with E-state index in [2.05, 4.69) is 10.1 Å². The van der Waals surface area contributed by atoms with Gasteiger partial charge in [-0.1, -0.05) is 30.3 Å². The standard InChI is InChI=1S/C17H23FN2O4/c1-23-15(21)17(18,9-5-8-14-6-3-2-4-7-14)19-16(22)20-10-12-24-13-11-20/h2-4,6-7H,5,8-13H2,1H3,(H,19,22). The van der Waals surface area contributed by atoms with Gasteiger partial charge >= 0.3 is 12.0 Å². The molecule has 7 heteroatoms. The molecule has 0 aromatic heterocycles. The van der Waals surface area contributed by atoms with Crippen molar-refractivity contribution < 1.29 is 23.5 Å². The smallest absolute Gasteiger partial charge is 0.364 e. The molecule has 0 radical (unpaired) electrons. The third-order valence-corrected chi connectivity index (χ3v) is 3.94. The molecule has 1 atom stereocenters. The first-order valence-corrected chi connectivity index (χ1v) is 8.01. The molecule has 1 saturated heterocycles. The van der Waals surface area contributed by atoms with Gasteiger partial charge in [0, 0.05) is 19.5 Å². The third-order valence-electron chi connectivity index (χ3n) is 3.94. The number of benzene rings is 1. The number of esters is 1. The topological polar surface area (TPSA) is 67.9 Å². The molecule has 1 unspecified atom stereocenters. The van der Waals surface area contributed by atoms with Crippen LogP contribution >= 0.6 is 0 Å². The molecular formula is C17H23FN2O4. The number of nitrogens with one attached hydrogen (secondary N) is 1. The van der Waals surface area contributed by atoms with Crippen molar-refractivity contribution in [3.63, 3.8) is 0 Å². The van der Waals surface area contributed by atoms with Gasteiger partial charge in [-0.2, -0.15) is 0 Å². The predicted octanol–water partition coefficient (Wildman–Crippen LogP) is 1.89. The molecule has 0 spiro atoms. The number of methoxy groups -OCH3 is 1. The first kappa shape index (κ1) is 18.2. The molecule has 0 saturated carbocycles. The maximum absolute atomic E-state index is 15.0. The molecule has 1 aromatic rings. The summed E-state index contributed by atoms with van der Waals surface area (Å²) >= 11 is 0. The Kier molecular flexibility index (Phi) is 6.54. The Morgan fingerprint density at radius 2 is 1.96 bits per heavy atom. The number of urea groups is 1. The summed E-state index contributed by atoms with van der Waals surface area (Å²) in [7, 11) is 1.11. The largest absolute Gasteiger partial charge is 0.465 e. The van der Waals surface area contributed by atoms with Gasteiger partial charge < -0.3 is 14.4 Å². The summed E-state index contributed by atoms with van der Waals surface area (Å²) in [6.07, 6.45) is 0.862. The zero-order valence-electron chi connectivity index (χ0n) is 13.8. The number of amides is 2. The van der Waals surface area contributed by atoms with Crippen molar-refractivity contribution in [2.45, 2.75) is 25.1 Å². The monoisotopic (exact) mass is 338 g/mol. The lowest BCUT2D eigenvalue weighted by Crippen LogP contribution is -2.57. The van der Waals surface area contributed by atoms with Crippen molar-refractivity contribution in [2.24, 2.45) is 0 Å². The predicted molar refractivity (Wildman–Crippen MR) is 86.2 cm³/mol. The van der Waals surface area contributed by atoms with Crippen molar-refractivity contribution in [2.75, 3.05) is 33.4 Å². The number of alkyl halides is 1. The Bertz CT molecular complexity index is 549. The molecule has 2 amide bonds. The normalized spacial score (nSPS) is 17.0. The van der Waals surface area contributed by atoms with Gasteiger partial charge in [-0.15, -0.1) is 0 Å². The van der Waals surface area contributed by atoms with E-state index in [-0.39, 0.29) is 6.42 Å². The molecule has 24 heavy (non-hydrogen) atoms.